The number of methoxy groups -OCH3 is 2. The van der Waals surface area contributed by atoms with E-state index in [1.54, 1.807) is 42.2 Å². The van der Waals surface area contributed by atoms with E-state index >= 15 is 0 Å². The fourth-order valence-corrected chi connectivity index (χ4v) is 2.81. The van der Waals surface area contributed by atoms with Crippen LogP contribution in [-0.2, 0) is 0 Å². The van der Waals surface area contributed by atoms with Gasteiger partial charge in [-0.1, -0.05) is 0 Å². The Labute approximate surface area is 148 Å². The molecule has 1 aromatic rings. The zero-order valence-electron chi connectivity index (χ0n) is 15.4. The van der Waals surface area contributed by atoms with E-state index in [-0.39, 0.29) is 18.0 Å². The molecular formula is C18H27N3O4. The largest absolute Gasteiger partial charge is 0.493 e. The van der Waals surface area contributed by atoms with Gasteiger partial charge in [0, 0.05) is 37.8 Å². The molecule has 0 atom stereocenters. The van der Waals surface area contributed by atoms with Crippen molar-refractivity contribution < 1.29 is 19.1 Å². The average Bonchev–Trinajstić information content (AvgIpc) is 2.86. The smallest absolute Gasteiger partial charge is 0.317 e. The van der Waals surface area contributed by atoms with E-state index in [1.165, 1.54) is 0 Å². The highest BCUT2D eigenvalue weighted by molar-refractivity contribution is 5.95. The highest BCUT2D eigenvalue weighted by atomic mass is 16.5. The molecule has 1 N–H and O–H groups in total. The first-order valence-corrected chi connectivity index (χ1v) is 8.53. The predicted molar refractivity (Wildman–Crippen MR) is 95.3 cm³/mol. The van der Waals surface area contributed by atoms with Crippen LogP contribution >= 0.6 is 0 Å². The standard InChI is InChI=1S/C18H27N3O4/c1-13(2)19-18(23)21-9-5-8-20(10-11-21)17(22)14-6-7-15(24-3)16(12-14)25-4/h6-7,12-13H,5,8-11H2,1-4H3,(H,19,23). The first-order valence-electron chi connectivity index (χ1n) is 8.53. The van der Waals surface area contributed by atoms with Gasteiger partial charge in [0.1, 0.15) is 0 Å². The predicted octanol–water partition coefficient (Wildman–Crippen LogP) is 1.97. The normalized spacial score (nSPS) is 14.9. The number of amides is 3. The van der Waals surface area contributed by atoms with Crippen molar-refractivity contribution in [3.63, 3.8) is 0 Å². The Bertz CT molecular complexity index is 618. The lowest BCUT2D eigenvalue weighted by Crippen LogP contribution is -2.44. The Kier molecular flexibility index (Phi) is 6.50. The lowest BCUT2D eigenvalue weighted by molar-refractivity contribution is 0.0761. The minimum absolute atomic E-state index is 0.0629. The SMILES string of the molecule is COc1ccc(C(=O)N2CCCN(C(=O)NC(C)C)CC2)cc1OC. The van der Waals surface area contributed by atoms with Crippen molar-refractivity contribution in [2.45, 2.75) is 26.3 Å². The van der Waals surface area contributed by atoms with E-state index in [2.05, 4.69) is 5.32 Å². The number of carbonyl (C=O) groups is 2. The fourth-order valence-electron chi connectivity index (χ4n) is 2.81. The monoisotopic (exact) mass is 349 g/mol. The molecule has 1 aliphatic rings. The lowest BCUT2D eigenvalue weighted by atomic mass is 10.1. The molecule has 7 nitrogen and oxygen atoms in total. The van der Waals surface area contributed by atoms with Crippen molar-refractivity contribution in [2.75, 3.05) is 40.4 Å². The summed E-state index contributed by atoms with van der Waals surface area (Å²) in [5.74, 6) is 1.06. The number of nitrogens with one attached hydrogen (secondary N) is 1. The zero-order valence-corrected chi connectivity index (χ0v) is 15.4. The second-order valence-electron chi connectivity index (χ2n) is 6.31. The lowest BCUT2D eigenvalue weighted by Gasteiger charge is -2.23. The van der Waals surface area contributed by atoms with E-state index in [4.69, 9.17) is 9.47 Å². The van der Waals surface area contributed by atoms with Gasteiger partial charge in [0.15, 0.2) is 11.5 Å². The Morgan fingerprint density at radius 1 is 1.00 bits per heavy atom. The molecule has 0 bridgehead atoms. The average molecular weight is 349 g/mol. The Hall–Kier alpha value is -2.44. The minimum atomic E-state index is -0.0737. The van der Waals surface area contributed by atoms with Crippen LogP contribution in [0.1, 0.15) is 30.6 Å². The Balaban J connectivity index is 2.04. The molecule has 7 heteroatoms. The molecule has 0 radical (unpaired) electrons. The first kappa shape index (κ1) is 18.9. The van der Waals surface area contributed by atoms with Crippen LogP contribution in [0, 0.1) is 0 Å². The molecule has 2 rings (SSSR count). The number of hydrogen-bond acceptors (Lipinski definition) is 4. The van der Waals surface area contributed by atoms with Gasteiger partial charge in [0.2, 0.25) is 0 Å². The number of carbonyl (C=O) groups excluding carboxylic acids is 2. The van der Waals surface area contributed by atoms with E-state index in [1.807, 2.05) is 13.8 Å². The summed E-state index contributed by atoms with van der Waals surface area (Å²) in [5, 5.41) is 2.90. The summed E-state index contributed by atoms with van der Waals surface area (Å²) in [6.45, 7) is 6.18. The van der Waals surface area contributed by atoms with Gasteiger partial charge in [-0.3, -0.25) is 4.79 Å². The molecule has 138 valence electrons. The molecule has 1 heterocycles. The summed E-state index contributed by atoms with van der Waals surface area (Å²) in [5.41, 5.74) is 0.553. The first-order chi connectivity index (χ1) is 12.0. The zero-order chi connectivity index (χ0) is 18.4. The Morgan fingerprint density at radius 3 is 2.28 bits per heavy atom. The molecular weight excluding hydrogens is 322 g/mol. The number of hydrogen-bond donors (Lipinski definition) is 1. The van der Waals surface area contributed by atoms with Gasteiger partial charge in [0.05, 0.1) is 14.2 Å². The number of ether oxygens (including phenoxy) is 2. The van der Waals surface area contributed by atoms with Crippen molar-refractivity contribution in [3.8, 4) is 11.5 Å². The topological polar surface area (TPSA) is 71.1 Å². The van der Waals surface area contributed by atoms with Gasteiger partial charge in [-0.2, -0.15) is 0 Å². The number of rotatable bonds is 4. The molecule has 1 aliphatic heterocycles. The molecule has 0 aliphatic carbocycles. The third-order valence-electron chi connectivity index (χ3n) is 4.11. The highest BCUT2D eigenvalue weighted by Crippen LogP contribution is 2.28. The third-order valence-corrected chi connectivity index (χ3v) is 4.11. The minimum Gasteiger partial charge on any atom is -0.493 e. The van der Waals surface area contributed by atoms with Crippen molar-refractivity contribution in [2.24, 2.45) is 0 Å². The van der Waals surface area contributed by atoms with Gasteiger partial charge in [0.25, 0.3) is 5.91 Å². The van der Waals surface area contributed by atoms with Crippen LogP contribution in [-0.4, -0.2) is 68.2 Å². The van der Waals surface area contributed by atoms with Gasteiger partial charge in [-0.05, 0) is 38.5 Å². The maximum Gasteiger partial charge on any atom is 0.317 e. The molecule has 0 spiro atoms. The maximum absolute atomic E-state index is 12.8. The van der Waals surface area contributed by atoms with Crippen LogP contribution in [0.3, 0.4) is 0 Å². The van der Waals surface area contributed by atoms with Crippen LogP contribution < -0.4 is 14.8 Å². The van der Waals surface area contributed by atoms with E-state index < -0.39 is 0 Å². The van der Waals surface area contributed by atoms with Crippen LogP contribution in [0.25, 0.3) is 0 Å². The van der Waals surface area contributed by atoms with Crippen LogP contribution in [0.5, 0.6) is 11.5 Å². The molecule has 1 fully saturated rings. The van der Waals surface area contributed by atoms with E-state index in [0.717, 1.165) is 6.42 Å². The molecule has 25 heavy (non-hydrogen) atoms. The van der Waals surface area contributed by atoms with Crippen LogP contribution in [0.2, 0.25) is 0 Å². The quantitative estimate of drug-likeness (QED) is 0.902. The summed E-state index contributed by atoms with van der Waals surface area (Å²) in [6.07, 6.45) is 0.755. The summed E-state index contributed by atoms with van der Waals surface area (Å²) in [7, 11) is 3.11. The molecule has 0 aromatic heterocycles. The number of nitrogens with zero attached hydrogens (tertiary/aromatic N) is 2. The van der Waals surface area contributed by atoms with Crippen LogP contribution in [0.4, 0.5) is 4.79 Å². The Morgan fingerprint density at radius 2 is 1.64 bits per heavy atom. The van der Waals surface area contributed by atoms with Crippen molar-refractivity contribution in [3.05, 3.63) is 23.8 Å². The summed E-state index contributed by atoms with van der Waals surface area (Å²) in [6, 6.07) is 5.18. The van der Waals surface area contributed by atoms with Gasteiger partial charge in [-0.15, -0.1) is 0 Å². The number of benzene rings is 1. The van der Waals surface area contributed by atoms with Crippen molar-refractivity contribution in [1.82, 2.24) is 15.1 Å². The summed E-state index contributed by atoms with van der Waals surface area (Å²) >= 11 is 0. The van der Waals surface area contributed by atoms with E-state index in [0.29, 0.717) is 43.2 Å². The second-order valence-corrected chi connectivity index (χ2v) is 6.31. The summed E-state index contributed by atoms with van der Waals surface area (Å²) in [4.78, 5) is 28.5. The summed E-state index contributed by atoms with van der Waals surface area (Å²) < 4.78 is 10.5. The molecule has 0 unspecified atom stereocenters. The second kappa shape index (κ2) is 8.60. The third kappa shape index (κ3) is 4.78. The molecule has 1 saturated heterocycles. The van der Waals surface area contributed by atoms with E-state index in [9.17, 15) is 9.59 Å². The highest BCUT2D eigenvalue weighted by Gasteiger charge is 2.23. The van der Waals surface area contributed by atoms with Crippen molar-refractivity contribution >= 4 is 11.9 Å². The van der Waals surface area contributed by atoms with Gasteiger partial charge < -0.3 is 24.6 Å². The molecule has 3 amide bonds. The molecule has 1 aromatic carbocycles. The fraction of sp³-hybridized carbons (Fsp3) is 0.556. The number of urea groups is 1. The maximum atomic E-state index is 12.8. The van der Waals surface area contributed by atoms with Gasteiger partial charge >= 0.3 is 6.03 Å². The van der Waals surface area contributed by atoms with Crippen molar-refractivity contribution in [1.29, 1.82) is 0 Å². The van der Waals surface area contributed by atoms with Crippen LogP contribution in [0.15, 0.2) is 18.2 Å². The van der Waals surface area contributed by atoms with Gasteiger partial charge in [-0.25, -0.2) is 4.79 Å². The molecule has 0 saturated carbocycles.